The van der Waals surface area contributed by atoms with E-state index in [1.54, 1.807) is 11.8 Å². The second-order valence-electron chi connectivity index (χ2n) is 5.19. The van der Waals surface area contributed by atoms with Gasteiger partial charge in [-0.15, -0.1) is 0 Å². The van der Waals surface area contributed by atoms with Crippen LogP contribution in [0.3, 0.4) is 0 Å². The lowest BCUT2D eigenvalue weighted by atomic mass is 10.2. The van der Waals surface area contributed by atoms with E-state index in [1.807, 2.05) is 0 Å². The molecule has 0 spiro atoms. The topological polar surface area (TPSA) is 44.0 Å². The molecule has 5 heteroatoms. The first-order valence-electron chi connectivity index (χ1n) is 7.75. The van der Waals surface area contributed by atoms with Gasteiger partial charge in [0.05, 0.1) is 11.0 Å². The van der Waals surface area contributed by atoms with Crippen LogP contribution in [-0.4, -0.2) is 53.3 Å². The Hall–Kier alpha value is -1.04. The van der Waals surface area contributed by atoms with Gasteiger partial charge in [0.2, 0.25) is 0 Å². The first kappa shape index (κ1) is 16.3. The summed E-state index contributed by atoms with van der Waals surface area (Å²) in [6, 6.07) is 6.33. The van der Waals surface area contributed by atoms with Crippen molar-refractivity contribution in [1.29, 1.82) is 0 Å². The second kappa shape index (κ2) is 8.41. The molecule has 0 fully saturated rings. The van der Waals surface area contributed by atoms with Gasteiger partial charge in [-0.1, -0.05) is 31.7 Å². The van der Waals surface area contributed by atoms with Gasteiger partial charge in [-0.3, -0.25) is 0 Å². The summed E-state index contributed by atoms with van der Waals surface area (Å²) in [5.41, 5.74) is 3.45. The van der Waals surface area contributed by atoms with Crippen molar-refractivity contribution >= 4 is 22.8 Å². The van der Waals surface area contributed by atoms with E-state index in [0.717, 1.165) is 54.7 Å². The Morgan fingerprint density at radius 1 is 1.24 bits per heavy atom. The number of aromatic amines is 1. The van der Waals surface area contributed by atoms with Crippen molar-refractivity contribution < 1.29 is 0 Å². The molecule has 0 aliphatic heterocycles. The summed E-state index contributed by atoms with van der Waals surface area (Å²) >= 11 is 1.78. The molecule has 0 saturated carbocycles. The number of imidazole rings is 1. The van der Waals surface area contributed by atoms with Crippen LogP contribution in [0.1, 0.15) is 19.4 Å². The predicted molar refractivity (Wildman–Crippen MR) is 92.2 cm³/mol. The fourth-order valence-corrected chi connectivity index (χ4v) is 3.08. The van der Waals surface area contributed by atoms with E-state index in [0.29, 0.717) is 0 Å². The van der Waals surface area contributed by atoms with E-state index in [-0.39, 0.29) is 0 Å². The van der Waals surface area contributed by atoms with Crippen LogP contribution < -0.4 is 5.32 Å². The number of nitrogens with zero attached hydrogens (tertiary/aromatic N) is 2. The first-order valence-corrected chi connectivity index (χ1v) is 8.73. The molecule has 1 aromatic heterocycles. The second-order valence-corrected chi connectivity index (χ2v) is 6.27. The van der Waals surface area contributed by atoms with E-state index in [1.165, 1.54) is 5.56 Å². The zero-order chi connectivity index (χ0) is 15.1. The molecule has 1 aromatic carbocycles. The van der Waals surface area contributed by atoms with Crippen LogP contribution in [-0.2, 0) is 0 Å². The van der Waals surface area contributed by atoms with Gasteiger partial charge in [0, 0.05) is 25.4 Å². The standard InChI is InChI=1S/C16H26N4S/c1-4-20(5-2)10-8-17-9-11-21-16-18-14-7-6-13(3)12-15(14)19-16/h6-7,12,17H,4-5,8-11H2,1-3H3,(H,18,19). The van der Waals surface area contributed by atoms with E-state index in [9.17, 15) is 0 Å². The molecular weight excluding hydrogens is 280 g/mol. The lowest BCUT2D eigenvalue weighted by Crippen LogP contribution is -2.32. The first-order chi connectivity index (χ1) is 10.2. The van der Waals surface area contributed by atoms with Gasteiger partial charge in [-0.05, 0) is 37.7 Å². The molecule has 2 aromatic rings. The van der Waals surface area contributed by atoms with E-state index in [2.05, 4.69) is 59.2 Å². The fraction of sp³-hybridized carbons (Fsp3) is 0.562. The molecule has 1 heterocycles. The average Bonchev–Trinajstić information content (AvgIpc) is 2.88. The lowest BCUT2D eigenvalue weighted by Gasteiger charge is -2.17. The van der Waals surface area contributed by atoms with Crippen LogP contribution in [0.25, 0.3) is 11.0 Å². The molecule has 116 valence electrons. The highest BCUT2D eigenvalue weighted by atomic mass is 32.2. The van der Waals surface area contributed by atoms with Crippen LogP contribution >= 0.6 is 11.8 Å². The van der Waals surface area contributed by atoms with Crippen molar-refractivity contribution in [2.45, 2.75) is 25.9 Å². The third kappa shape index (κ3) is 5.02. The molecule has 0 atom stereocenters. The smallest absolute Gasteiger partial charge is 0.166 e. The molecule has 0 radical (unpaired) electrons. The van der Waals surface area contributed by atoms with E-state index < -0.39 is 0 Å². The minimum absolute atomic E-state index is 1.01. The quantitative estimate of drug-likeness (QED) is 0.552. The van der Waals surface area contributed by atoms with Gasteiger partial charge in [0.25, 0.3) is 0 Å². The Kier molecular flexibility index (Phi) is 6.54. The number of hydrogen-bond donors (Lipinski definition) is 2. The van der Waals surface area contributed by atoms with Crippen molar-refractivity contribution in [3.8, 4) is 0 Å². The van der Waals surface area contributed by atoms with Gasteiger partial charge in [0.15, 0.2) is 5.16 Å². The molecule has 0 saturated heterocycles. The molecule has 2 N–H and O–H groups in total. The maximum atomic E-state index is 4.60. The zero-order valence-electron chi connectivity index (χ0n) is 13.3. The normalized spacial score (nSPS) is 11.6. The number of fused-ring (bicyclic) bond motifs is 1. The number of hydrogen-bond acceptors (Lipinski definition) is 4. The van der Waals surface area contributed by atoms with Gasteiger partial charge >= 0.3 is 0 Å². The largest absolute Gasteiger partial charge is 0.333 e. The monoisotopic (exact) mass is 306 g/mol. The van der Waals surface area contributed by atoms with Crippen LogP contribution in [0.15, 0.2) is 23.4 Å². The van der Waals surface area contributed by atoms with Gasteiger partial charge < -0.3 is 15.2 Å². The van der Waals surface area contributed by atoms with Crippen molar-refractivity contribution in [2.24, 2.45) is 0 Å². The molecule has 21 heavy (non-hydrogen) atoms. The lowest BCUT2D eigenvalue weighted by molar-refractivity contribution is 0.303. The highest BCUT2D eigenvalue weighted by Gasteiger charge is 2.03. The van der Waals surface area contributed by atoms with Gasteiger partial charge in [-0.2, -0.15) is 0 Å². The maximum Gasteiger partial charge on any atom is 0.166 e. The van der Waals surface area contributed by atoms with Crippen molar-refractivity contribution in [3.63, 3.8) is 0 Å². The number of likely N-dealkylation sites (N-methyl/N-ethyl adjacent to an activating group) is 1. The Labute approximate surface area is 131 Å². The molecular formula is C16H26N4S. The summed E-state index contributed by atoms with van der Waals surface area (Å²) in [5, 5.41) is 4.51. The van der Waals surface area contributed by atoms with Crippen molar-refractivity contribution in [1.82, 2.24) is 20.2 Å². The summed E-state index contributed by atoms with van der Waals surface area (Å²) in [5.74, 6) is 1.04. The summed E-state index contributed by atoms with van der Waals surface area (Å²) < 4.78 is 0. The van der Waals surface area contributed by atoms with Gasteiger partial charge in [-0.25, -0.2) is 4.98 Å². The number of thioether (sulfide) groups is 1. The molecule has 0 bridgehead atoms. The Balaban J connectivity index is 1.68. The summed E-state index contributed by atoms with van der Waals surface area (Å²) in [6.45, 7) is 12.0. The summed E-state index contributed by atoms with van der Waals surface area (Å²) in [4.78, 5) is 10.4. The van der Waals surface area contributed by atoms with Crippen molar-refractivity contribution in [2.75, 3.05) is 38.5 Å². The van der Waals surface area contributed by atoms with Crippen LogP contribution in [0.4, 0.5) is 0 Å². The van der Waals surface area contributed by atoms with Crippen molar-refractivity contribution in [3.05, 3.63) is 23.8 Å². The highest BCUT2D eigenvalue weighted by molar-refractivity contribution is 7.99. The minimum atomic E-state index is 1.01. The number of H-pyrrole nitrogens is 1. The number of rotatable bonds is 9. The Morgan fingerprint density at radius 3 is 2.81 bits per heavy atom. The molecule has 4 nitrogen and oxygen atoms in total. The summed E-state index contributed by atoms with van der Waals surface area (Å²) in [6.07, 6.45) is 0. The number of benzene rings is 1. The average molecular weight is 306 g/mol. The SMILES string of the molecule is CCN(CC)CCNCCSc1nc2ccc(C)cc2[nH]1. The number of aryl methyl sites for hydroxylation is 1. The Bertz CT molecular complexity index is 548. The molecule has 0 aliphatic carbocycles. The highest BCUT2D eigenvalue weighted by Crippen LogP contribution is 2.19. The molecule has 0 amide bonds. The predicted octanol–water partition coefficient (Wildman–Crippen LogP) is 2.89. The van der Waals surface area contributed by atoms with Gasteiger partial charge in [0.1, 0.15) is 0 Å². The Morgan fingerprint density at radius 2 is 2.05 bits per heavy atom. The third-order valence-corrected chi connectivity index (χ3v) is 4.51. The molecule has 2 rings (SSSR count). The molecule has 0 unspecified atom stereocenters. The zero-order valence-corrected chi connectivity index (χ0v) is 14.1. The molecule has 0 aliphatic rings. The fourth-order valence-electron chi connectivity index (χ4n) is 2.29. The third-order valence-electron chi connectivity index (χ3n) is 3.63. The number of aromatic nitrogens is 2. The van der Waals surface area contributed by atoms with E-state index in [4.69, 9.17) is 0 Å². The van der Waals surface area contributed by atoms with E-state index >= 15 is 0 Å². The van der Waals surface area contributed by atoms with Crippen LogP contribution in [0, 0.1) is 6.92 Å². The minimum Gasteiger partial charge on any atom is -0.333 e. The summed E-state index contributed by atoms with van der Waals surface area (Å²) in [7, 11) is 0. The maximum absolute atomic E-state index is 4.60. The van der Waals surface area contributed by atoms with Crippen LogP contribution in [0.5, 0.6) is 0 Å². The number of nitrogens with one attached hydrogen (secondary N) is 2. The van der Waals surface area contributed by atoms with Crippen LogP contribution in [0.2, 0.25) is 0 Å².